The zero-order valence-corrected chi connectivity index (χ0v) is 13.5. The van der Waals surface area contributed by atoms with Crippen LogP contribution in [-0.2, 0) is 0 Å². The summed E-state index contributed by atoms with van der Waals surface area (Å²) >= 11 is 0. The van der Waals surface area contributed by atoms with Crippen LogP contribution in [0.15, 0.2) is 12.2 Å². The summed E-state index contributed by atoms with van der Waals surface area (Å²) < 4.78 is 0. The summed E-state index contributed by atoms with van der Waals surface area (Å²) in [7, 11) is 0. The van der Waals surface area contributed by atoms with E-state index in [4.69, 9.17) is 0 Å². The van der Waals surface area contributed by atoms with Crippen LogP contribution in [-0.4, -0.2) is 22.4 Å². The van der Waals surface area contributed by atoms with Gasteiger partial charge < -0.3 is 10.2 Å². The Hall–Kier alpha value is -0.340. The maximum Gasteiger partial charge on any atom is 0.0724 e. The maximum absolute atomic E-state index is 10.5. The van der Waals surface area contributed by atoms with Crippen LogP contribution in [0.1, 0.15) is 58.8 Å². The summed E-state index contributed by atoms with van der Waals surface area (Å²) in [6.45, 7) is 4.80. The Morgan fingerprint density at radius 3 is 2.57 bits per heavy atom. The molecule has 0 radical (unpaired) electrons. The highest BCUT2D eigenvalue weighted by molar-refractivity contribution is 5.17. The van der Waals surface area contributed by atoms with Gasteiger partial charge in [-0.3, -0.25) is 0 Å². The smallest absolute Gasteiger partial charge is 0.0724 e. The van der Waals surface area contributed by atoms with Crippen LogP contribution in [0.4, 0.5) is 0 Å². The van der Waals surface area contributed by atoms with E-state index in [0.717, 1.165) is 30.6 Å². The van der Waals surface area contributed by atoms with Crippen molar-refractivity contribution in [1.29, 1.82) is 0 Å². The van der Waals surface area contributed by atoms with Crippen molar-refractivity contribution in [3.8, 4) is 0 Å². The molecule has 2 nitrogen and oxygen atoms in total. The zero-order chi connectivity index (χ0) is 14.8. The van der Waals surface area contributed by atoms with Gasteiger partial charge in [0.05, 0.1) is 12.2 Å². The van der Waals surface area contributed by atoms with Crippen LogP contribution >= 0.6 is 0 Å². The highest BCUT2D eigenvalue weighted by Gasteiger charge is 2.59. The van der Waals surface area contributed by atoms with E-state index >= 15 is 0 Å². The number of fused-ring (bicyclic) bond motifs is 5. The largest absolute Gasteiger partial charge is 0.393 e. The minimum atomic E-state index is -0.221. The van der Waals surface area contributed by atoms with E-state index in [9.17, 15) is 10.2 Å². The Morgan fingerprint density at radius 2 is 1.76 bits per heavy atom. The highest BCUT2D eigenvalue weighted by atomic mass is 16.3. The first-order valence-corrected chi connectivity index (χ1v) is 9.00. The number of hydrogen-bond acceptors (Lipinski definition) is 2. The molecule has 4 aliphatic rings. The number of rotatable bonds is 0. The average Bonchev–Trinajstić information content (AvgIpc) is 2.76. The molecule has 4 aliphatic carbocycles. The van der Waals surface area contributed by atoms with Gasteiger partial charge in [0.25, 0.3) is 0 Å². The fourth-order valence-electron chi connectivity index (χ4n) is 6.76. The third-order valence-corrected chi connectivity index (χ3v) is 8.12. The fourth-order valence-corrected chi connectivity index (χ4v) is 6.76. The number of aliphatic hydroxyl groups excluding tert-OH is 2. The van der Waals surface area contributed by atoms with Gasteiger partial charge in [0, 0.05) is 0 Å². The summed E-state index contributed by atoms with van der Waals surface area (Å²) in [5, 5.41) is 20.4. The van der Waals surface area contributed by atoms with Gasteiger partial charge in [-0.1, -0.05) is 26.0 Å². The predicted molar refractivity (Wildman–Crippen MR) is 83.6 cm³/mol. The van der Waals surface area contributed by atoms with Crippen molar-refractivity contribution in [2.75, 3.05) is 0 Å². The molecular weight excluding hydrogens is 260 g/mol. The maximum atomic E-state index is 10.5. The Labute approximate surface area is 128 Å². The third kappa shape index (κ3) is 1.84. The lowest BCUT2D eigenvalue weighted by atomic mass is 9.46. The van der Waals surface area contributed by atoms with Crippen molar-refractivity contribution in [3.63, 3.8) is 0 Å². The summed E-state index contributed by atoms with van der Waals surface area (Å²) in [6, 6.07) is 0. The van der Waals surface area contributed by atoms with Gasteiger partial charge in [0.1, 0.15) is 0 Å². The van der Waals surface area contributed by atoms with E-state index in [0.29, 0.717) is 5.92 Å². The molecule has 0 amide bonds. The van der Waals surface area contributed by atoms with E-state index in [1.54, 1.807) is 0 Å². The fraction of sp³-hybridized carbons (Fsp3) is 0.895. The van der Waals surface area contributed by atoms with Crippen molar-refractivity contribution in [3.05, 3.63) is 12.2 Å². The van der Waals surface area contributed by atoms with E-state index in [1.165, 1.54) is 32.1 Å². The Kier molecular flexibility index (Phi) is 3.11. The normalized spacial score (nSPS) is 59.2. The Morgan fingerprint density at radius 1 is 0.952 bits per heavy atom. The van der Waals surface area contributed by atoms with Crippen molar-refractivity contribution < 1.29 is 10.2 Å². The van der Waals surface area contributed by atoms with E-state index in [1.807, 2.05) is 0 Å². The summed E-state index contributed by atoms with van der Waals surface area (Å²) in [5.74, 6) is 2.95. The lowest BCUT2D eigenvalue weighted by molar-refractivity contribution is -0.0994. The molecule has 21 heavy (non-hydrogen) atoms. The molecule has 0 aromatic rings. The molecule has 118 valence electrons. The molecule has 2 N–H and O–H groups in total. The number of aliphatic hydroxyl groups is 2. The summed E-state index contributed by atoms with van der Waals surface area (Å²) in [4.78, 5) is 0. The average molecular weight is 290 g/mol. The van der Waals surface area contributed by atoms with Crippen LogP contribution < -0.4 is 0 Å². The molecule has 0 spiro atoms. The van der Waals surface area contributed by atoms with E-state index < -0.39 is 0 Å². The zero-order valence-electron chi connectivity index (χ0n) is 13.5. The molecule has 4 rings (SSSR count). The second-order valence-corrected chi connectivity index (χ2v) is 8.82. The van der Waals surface area contributed by atoms with Crippen LogP contribution in [0, 0.1) is 34.5 Å². The lowest BCUT2D eigenvalue weighted by Gasteiger charge is -2.59. The first-order chi connectivity index (χ1) is 9.95. The topological polar surface area (TPSA) is 40.5 Å². The van der Waals surface area contributed by atoms with Gasteiger partial charge in [0.15, 0.2) is 0 Å². The second kappa shape index (κ2) is 4.58. The molecule has 0 heterocycles. The highest BCUT2D eigenvalue weighted by Crippen LogP contribution is 2.65. The molecule has 2 heteroatoms. The van der Waals surface area contributed by atoms with Crippen LogP contribution in [0.5, 0.6) is 0 Å². The molecule has 0 aromatic heterocycles. The molecular formula is C19H30O2. The number of hydrogen-bond donors (Lipinski definition) is 2. The molecule has 0 aliphatic heterocycles. The van der Waals surface area contributed by atoms with Crippen molar-refractivity contribution in [2.24, 2.45) is 34.5 Å². The summed E-state index contributed by atoms with van der Waals surface area (Å²) in [5.41, 5.74) is 0.472. The van der Waals surface area contributed by atoms with E-state index in [2.05, 4.69) is 26.0 Å². The minimum Gasteiger partial charge on any atom is -0.393 e. The lowest BCUT2D eigenvalue weighted by Crippen LogP contribution is -2.53. The number of allylic oxidation sites excluding steroid dienone is 1. The van der Waals surface area contributed by atoms with E-state index in [-0.39, 0.29) is 23.0 Å². The quantitative estimate of drug-likeness (QED) is 0.670. The summed E-state index contributed by atoms with van der Waals surface area (Å²) in [6.07, 6.45) is 12.4. The van der Waals surface area contributed by atoms with Gasteiger partial charge in [-0.05, 0) is 79.4 Å². The van der Waals surface area contributed by atoms with Gasteiger partial charge in [-0.25, -0.2) is 0 Å². The minimum absolute atomic E-state index is 0.0716. The standard InChI is InChI=1S/C19H30O2/c1-18-9-7-13(20)11-12(18)3-4-14-15-5-6-17(21)19(15,2)10-8-16(14)18/h7,9,12-17,20-21H,3-6,8,10-11H2,1-2H3/t12-,13-,14-,15-,16-,17-,18-,19-/m0/s1. The molecule has 0 unspecified atom stereocenters. The van der Waals surface area contributed by atoms with Gasteiger partial charge in [0.2, 0.25) is 0 Å². The van der Waals surface area contributed by atoms with Crippen molar-refractivity contribution >= 4 is 0 Å². The van der Waals surface area contributed by atoms with Gasteiger partial charge in [-0.2, -0.15) is 0 Å². The van der Waals surface area contributed by atoms with Crippen molar-refractivity contribution in [2.45, 2.75) is 71.0 Å². The first-order valence-electron chi connectivity index (χ1n) is 9.00. The van der Waals surface area contributed by atoms with Crippen LogP contribution in [0.2, 0.25) is 0 Å². The molecule has 0 aromatic carbocycles. The Bertz CT molecular complexity index is 458. The van der Waals surface area contributed by atoms with Crippen LogP contribution in [0.3, 0.4) is 0 Å². The SMILES string of the molecule is C[C@]12C=C[C@H](O)C[C@@H]1CC[C@@H]1[C@@H]2CC[C@]2(C)[C@@H](O)CC[C@@H]12. The second-order valence-electron chi connectivity index (χ2n) is 8.82. The molecule has 0 saturated heterocycles. The predicted octanol–water partition coefficient (Wildman–Crippen LogP) is 3.53. The molecule has 8 atom stereocenters. The first kappa shape index (κ1) is 14.3. The molecule has 3 fully saturated rings. The molecule has 3 saturated carbocycles. The third-order valence-electron chi connectivity index (χ3n) is 8.12. The Balaban J connectivity index is 1.67. The monoisotopic (exact) mass is 290 g/mol. The van der Waals surface area contributed by atoms with Gasteiger partial charge in [-0.15, -0.1) is 0 Å². The van der Waals surface area contributed by atoms with Gasteiger partial charge >= 0.3 is 0 Å². The van der Waals surface area contributed by atoms with Crippen LogP contribution in [0.25, 0.3) is 0 Å². The van der Waals surface area contributed by atoms with Crippen molar-refractivity contribution in [1.82, 2.24) is 0 Å². The molecule has 0 bridgehead atoms.